The first-order valence-corrected chi connectivity index (χ1v) is 7.84. The Morgan fingerprint density at radius 1 is 1.26 bits per heavy atom. The fraction of sp³-hybridized carbons (Fsp3) is 0.529. The lowest BCUT2D eigenvalue weighted by Crippen LogP contribution is -2.52. The predicted octanol–water partition coefficient (Wildman–Crippen LogP) is 1.93. The van der Waals surface area contributed by atoms with Crippen molar-refractivity contribution in [2.75, 3.05) is 0 Å². The molecule has 0 aliphatic heterocycles. The van der Waals surface area contributed by atoms with Crippen molar-refractivity contribution >= 4 is 12.0 Å². The van der Waals surface area contributed by atoms with Crippen LogP contribution in [-0.2, 0) is 11.3 Å². The second kappa shape index (κ2) is 7.00. The Balaban J connectivity index is 1.69. The van der Waals surface area contributed by atoms with Crippen LogP contribution in [0.1, 0.15) is 49.5 Å². The molecule has 1 aliphatic rings. The molecule has 0 saturated heterocycles. The summed E-state index contributed by atoms with van der Waals surface area (Å²) in [7, 11) is 0. The summed E-state index contributed by atoms with van der Waals surface area (Å²) in [5.74, 6) is -0.419. The number of amides is 2. The van der Waals surface area contributed by atoms with Crippen molar-refractivity contribution in [3.8, 4) is 0 Å². The molecule has 1 aromatic carbocycles. The lowest BCUT2D eigenvalue weighted by molar-refractivity contribution is 0.0465. The highest BCUT2D eigenvalue weighted by molar-refractivity contribution is 5.92. The van der Waals surface area contributed by atoms with Crippen molar-refractivity contribution in [2.45, 2.75) is 57.8 Å². The van der Waals surface area contributed by atoms with Gasteiger partial charge in [0.25, 0.3) is 0 Å². The molecule has 0 bridgehead atoms. The molecular formula is C17H25N3O3. The van der Waals surface area contributed by atoms with Gasteiger partial charge in [0.2, 0.25) is 5.91 Å². The largest absolute Gasteiger partial charge is 0.444 e. The van der Waals surface area contributed by atoms with E-state index in [-0.39, 0.29) is 12.1 Å². The molecule has 126 valence electrons. The van der Waals surface area contributed by atoms with Crippen LogP contribution in [0.3, 0.4) is 0 Å². The maximum atomic E-state index is 11.7. The maximum Gasteiger partial charge on any atom is 0.407 e. The number of benzene rings is 1. The number of nitrogens with two attached hydrogens (primary N) is 1. The Morgan fingerprint density at radius 3 is 2.57 bits per heavy atom. The molecule has 23 heavy (non-hydrogen) atoms. The highest BCUT2D eigenvalue weighted by Crippen LogP contribution is 2.21. The molecule has 0 atom stereocenters. The first-order valence-electron chi connectivity index (χ1n) is 7.84. The van der Waals surface area contributed by atoms with E-state index in [0.717, 1.165) is 18.4 Å². The van der Waals surface area contributed by atoms with Gasteiger partial charge in [-0.1, -0.05) is 12.1 Å². The summed E-state index contributed by atoms with van der Waals surface area (Å²) in [6.07, 6.45) is 1.37. The van der Waals surface area contributed by atoms with Gasteiger partial charge in [0.1, 0.15) is 5.60 Å². The summed E-state index contributed by atoms with van der Waals surface area (Å²) in [6.45, 7) is 6.21. The van der Waals surface area contributed by atoms with Gasteiger partial charge < -0.3 is 21.1 Å². The monoisotopic (exact) mass is 319 g/mol. The number of nitrogens with one attached hydrogen (secondary N) is 2. The fourth-order valence-corrected chi connectivity index (χ4v) is 2.47. The normalized spacial score (nSPS) is 20.5. The molecule has 4 N–H and O–H groups in total. The molecule has 6 nitrogen and oxygen atoms in total. The van der Waals surface area contributed by atoms with Crippen molar-refractivity contribution < 1.29 is 14.3 Å². The van der Waals surface area contributed by atoms with Crippen LogP contribution in [0, 0.1) is 0 Å². The third kappa shape index (κ3) is 5.56. The summed E-state index contributed by atoms with van der Waals surface area (Å²) in [4.78, 5) is 22.8. The average molecular weight is 319 g/mol. The molecule has 0 radical (unpaired) electrons. The third-order valence-electron chi connectivity index (χ3n) is 3.67. The number of ether oxygens (including phenoxy) is 1. The summed E-state index contributed by atoms with van der Waals surface area (Å²) in [6, 6.07) is 7.78. The second-order valence-corrected chi connectivity index (χ2v) is 6.96. The van der Waals surface area contributed by atoms with Crippen molar-refractivity contribution in [1.29, 1.82) is 0 Å². The predicted molar refractivity (Wildman–Crippen MR) is 88.0 cm³/mol. The first-order chi connectivity index (χ1) is 10.7. The van der Waals surface area contributed by atoms with Crippen LogP contribution >= 0.6 is 0 Å². The van der Waals surface area contributed by atoms with Crippen LogP contribution in [0.15, 0.2) is 24.3 Å². The maximum absolute atomic E-state index is 11.7. The van der Waals surface area contributed by atoms with E-state index < -0.39 is 11.5 Å². The highest BCUT2D eigenvalue weighted by Gasteiger charge is 2.31. The van der Waals surface area contributed by atoms with Gasteiger partial charge >= 0.3 is 6.09 Å². The van der Waals surface area contributed by atoms with E-state index in [4.69, 9.17) is 10.5 Å². The van der Waals surface area contributed by atoms with Crippen LogP contribution in [0.2, 0.25) is 0 Å². The minimum Gasteiger partial charge on any atom is -0.444 e. The molecule has 1 fully saturated rings. The number of hydrogen-bond donors (Lipinski definition) is 3. The van der Waals surface area contributed by atoms with Crippen molar-refractivity contribution in [2.24, 2.45) is 5.73 Å². The Labute approximate surface area is 136 Å². The molecule has 2 rings (SSSR count). The molecule has 6 heteroatoms. The lowest BCUT2D eigenvalue weighted by Gasteiger charge is -2.36. The van der Waals surface area contributed by atoms with Crippen LogP contribution in [0.25, 0.3) is 0 Å². The molecule has 0 unspecified atom stereocenters. The zero-order valence-electron chi connectivity index (χ0n) is 13.9. The molecule has 2 amide bonds. The second-order valence-electron chi connectivity index (χ2n) is 6.96. The standard InChI is InChI=1S/C17H25N3O3/c1-17(2,3)23-16(22)20-14-8-13(9-14)19-10-11-5-4-6-12(7-11)15(18)21/h4-7,13-14,19H,8-10H2,1-3H3,(H2,18,21)(H,20,22). The molecule has 0 heterocycles. The molecule has 1 saturated carbocycles. The Kier molecular flexibility index (Phi) is 5.26. The van der Waals surface area contributed by atoms with E-state index in [9.17, 15) is 9.59 Å². The van der Waals surface area contributed by atoms with Gasteiger partial charge in [-0.2, -0.15) is 0 Å². The van der Waals surface area contributed by atoms with Gasteiger partial charge in [0.15, 0.2) is 0 Å². The quantitative estimate of drug-likeness (QED) is 0.773. The van der Waals surface area contributed by atoms with E-state index in [1.807, 2.05) is 32.9 Å². The minimum absolute atomic E-state index is 0.152. The lowest BCUT2D eigenvalue weighted by atomic mass is 9.86. The van der Waals surface area contributed by atoms with Crippen LogP contribution < -0.4 is 16.4 Å². The Morgan fingerprint density at radius 2 is 1.96 bits per heavy atom. The summed E-state index contributed by atoms with van der Waals surface area (Å²) in [5.41, 5.74) is 6.33. The number of alkyl carbamates (subject to hydrolysis) is 1. The van der Waals surface area contributed by atoms with Crippen molar-refractivity contribution in [1.82, 2.24) is 10.6 Å². The minimum atomic E-state index is -0.475. The van der Waals surface area contributed by atoms with Crippen LogP contribution in [0.5, 0.6) is 0 Å². The van der Waals surface area contributed by atoms with Gasteiger partial charge in [-0.3, -0.25) is 4.79 Å². The third-order valence-corrected chi connectivity index (χ3v) is 3.67. The molecular weight excluding hydrogens is 294 g/mol. The fourth-order valence-electron chi connectivity index (χ4n) is 2.47. The van der Waals surface area contributed by atoms with Crippen LogP contribution in [0.4, 0.5) is 4.79 Å². The zero-order chi connectivity index (χ0) is 17.0. The number of rotatable bonds is 5. The average Bonchev–Trinajstić information content (AvgIpc) is 2.39. The SMILES string of the molecule is CC(C)(C)OC(=O)NC1CC(NCc2cccc(C(N)=O)c2)C1. The van der Waals surface area contributed by atoms with E-state index in [1.54, 1.807) is 12.1 Å². The Hall–Kier alpha value is -2.08. The van der Waals surface area contributed by atoms with Gasteiger partial charge in [0.05, 0.1) is 0 Å². The van der Waals surface area contributed by atoms with Crippen molar-refractivity contribution in [3.05, 3.63) is 35.4 Å². The summed E-state index contributed by atoms with van der Waals surface area (Å²) in [5, 5.41) is 6.27. The van der Waals surface area contributed by atoms with E-state index in [0.29, 0.717) is 18.2 Å². The first kappa shape index (κ1) is 17.3. The van der Waals surface area contributed by atoms with Gasteiger partial charge in [-0.25, -0.2) is 4.79 Å². The zero-order valence-corrected chi connectivity index (χ0v) is 13.9. The van der Waals surface area contributed by atoms with E-state index in [2.05, 4.69) is 10.6 Å². The molecule has 0 spiro atoms. The topological polar surface area (TPSA) is 93.4 Å². The van der Waals surface area contributed by atoms with Crippen LogP contribution in [-0.4, -0.2) is 29.7 Å². The van der Waals surface area contributed by atoms with Gasteiger partial charge in [-0.15, -0.1) is 0 Å². The smallest absolute Gasteiger partial charge is 0.407 e. The van der Waals surface area contributed by atoms with Crippen molar-refractivity contribution in [3.63, 3.8) is 0 Å². The number of hydrogen-bond acceptors (Lipinski definition) is 4. The Bertz CT molecular complexity index is 575. The number of carbonyl (C=O) groups excluding carboxylic acids is 2. The molecule has 1 aliphatic carbocycles. The number of carbonyl (C=O) groups is 2. The summed E-state index contributed by atoms with van der Waals surface area (Å²) < 4.78 is 5.23. The van der Waals surface area contributed by atoms with Gasteiger partial charge in [-0.05, 0) is 51.3 Å². The summed E-state index contributed by atoms with van der Waals surface area (Å²) >= 11 is 0. The van der Waals surface area contributed by atoms with Gasteiger partial charge in [0, 0.05) is 24.2 Å². The number of primary amides is 1. The molecule has 1 aromatic rings. The highest BCUT2D eigenvalue weighted by atomic mass is 16.6. The van der Waals surface area contributed by atoms with E-state index in [1.165, 1.54) is 0 Å². The van der Waals surface area contributed by atoms with E-state index >= 15 is 0 Å². The molecule has 0 aromatic heterocycles.